The van der Waals surface area contributed by atoms with Crippen molar-refractivity contribution >= 4 is 11.9 Å². The molecule has 1 aliphatic heterocycles. The first-order valence-corrected chi connectivity index (χ1v) is 5.62. The van der Waals surface area contributed by atoms with Gasteiger partial charge in [0.1, 0.15) is 12.9 Å². The first-order chi connectivity index (χ1) is 8.24. The Bertz CT molecular complexity index is 373. The number of aromatic nitrogens is 3. The Labute approximate surface area is 98.9 Å². The molecule has 7 heteroatoms. The summed E-state index contributed by atoms with van der Waals surface area (Å²) >= 11 is 0. The van der Waals surface area contributed by atoms with Gasteiger partial charge in [-0.3, -0.25) is 4.79 Å². The molecule has 2 heterocycles. The van der Waals surface area contributed by atoms with Crippen LogP contribution in [0.5, 0.6) is 0 Å². The highest BCUT2D eigenvalue weighted by Gasteiger charge is 2.16. The van der Waals surface area contributed by atoms with Crippen molar-refractivity contribution in [1.29, 1.82) is 0 Å². The minimum Gasteiger partial charge on any atom is -0.464 e. The van der Waals surface area contributed by atoms with Gasteiger partial charge in [-0.05, 0) is 18.8 Å². The van der Waals surface area contributed by atoms with Gasteiger partial charge in [-0.1, -0.05) is 0 Å². The van der Waals surface area contributed by atoms with Crippen LogP contribution >= 0.6 is 0 Å². The van der Waals surface area contributed by atoms with E-state index in [0.717, 1.165) is 26.1 Å². The molecule has 1 saturated heterocycles. The number of hydrogen-bond donors (Lipinski definition) is 1. The monoisotopic (exact) mass is 240 g/mol. The number of esters is 1. The van der Waals surface area contributed by atoms with Gasteiger partial charge in [0.15, 0.2) is 0 Å². The Morgan fingerprint density at radius 1 is 1.59 bits per heavy atom. The lowest BCUT2D eigenvalue weighted by atomic mass is 10.0. The maximum Gasteiger partial charge on any atom is 0.327 e. The summed E-state index contributed by atoms with van der Waals surface area (Å²) in [5, 5.41) is 3.81. The van der Waals surface area contributed by atoms with Gasteiger partial charge in [0, 0.05) is 13.2 Å². The zero-order chi connectivity index (χ0) is 12.1. The number of nitrogens with two attached hydrogens (primary N) is 1. The average Bonchev–Trinajstić information content (AvgIpc) is 2.73. The standard InChI is InChI=1S/C10H16N4O3/c11-10-12-7-14(13-10)5-9(15)17-6-8-1-3-16-4-2-8/h7-8H,1-6H2,(H2,11,13). The number of carbonyl (C=O) groups excluding carboxylic acids is 1. The van der Waals surface area contributed by atoms with Crippen molar-refractivity contribution < 1.29 is 14.3 Å². The molecule has 1 aliphatic rings. The molecule has 2 N–H and O–H groups in total. The van der Waals surface area contributed by atoms with Crippen LogP contribution in [0.25, 0.3) is 0 Å². The minimum atomic E-state index is -0.318. The molecule has 2 rings (SSSR count). The lowest BCUT2D eigenvalue weighted by molar-refractivity contribution is -0.146. The molecule has 7 nitrogen and oxygen atoms in total. The number of hydrogen-bond acceptors (Lipinski definition) is 6. The highest BCUT2D eigenvalue weighted by molar-refractivity contribution is 5.69. The van der Waals surface area contributed by atoms with Gasteiger partial charge >= 0.3 is 5.97 Å². The van der Waals surface area contributed by atoms with Crippen molar-refractivity contribution in [3.8, 4) is 0 Å². The van der Waals surface area contributed by atoms with Crippen molar-refractivity contribution in [3.63, 3.8) is 0 Å². The number of carbonyl (C=O) groups is 1. The van der Waals surface area contributed by atoms with E-state index < -0.39 is 0 Å². The molecule has 1 aromatic heterocycles. The Balaban J connectivity index is 1.70. The Morgan fingerprint density at radius 3 is 3.00 bits per heavy atom. The van der Waals surface area contributed by atoms with Gasteiger partial charge in [0.05, 0.1) is 6.61 Å². The largest absolute Gasteiger partial charge is 0.464 e. The third kappa shape index (κ3) is 3.70. The topological polar surface area (TPSA) is 92.3 Å². The molecule has 0 atom stereocenters. The van der Waals surface area contributed by atoms with E-state index in [1.807, 2.05) is 0 Å². The van der Waals surface area contributed by atoms with Crippen LogP contribution in [0.1, 0.15) is 12.8 Å². The van der Waals surface area contributed by atoms with E-state index in [2.05, 4.69) is 10.1 Å². The summed E-state index contributed by atoms with van der Waals surface area (Å²) in [6.07, 6.45) is 3.30. The van der Waals surface area contributed by atoms with Crippen molar-refractivity contribution in [1.82, 2.24) is 14.8 Å². The zero-order valence-corrected chi connectivity index (χ0v) is 9.54. The van der Waals surface area contributed by atoms with E-state index in [1.165, 1.54) is 11.0 Å². The molecule has 0 spiro atoms. The highest BCUT2D eigenvalue weighted by Crippen LogP contribution is 2.14. The Hall–Kier alpha value is -1.63. The maximum absolute atomic E-state index is 11.5. The van der Waals surface area contributed by atoms with Crippen LogP contribution in [0.15, 0.2) is 6.33 Å². The summed E-state index contributed by atoms with van der Waals surface area (Å²) in [7, 11) is 0. The first kappa shape index (κ1) is 11.8. The highest BCUT2D eigenvalue weighted by atomic mass is 16.5. The number of nitrogens with zero attached hydrogens (tertiary/aromatic N) is 3. The van der Waals surface area contributed by atoms with Gasteiger partial charge in [-0.2, -0.15) is 0 Å². The summed E-state index contributed by atoms with van der Waals surface area (Å²) in [6, 6.07) is 0. The van der Waals surface area contributed by atoms with Crippen molar-refractivity contribution in [2.75, 3.05) is 25.6 Å². The van der Waals surface area contributed by atoms with Crippen LogP contribution in [-0.2, 0) is 20.8 Å². The predicted octanol–water partition coefficient (Wildman–Crippen LogP) is -0.170. The van der Waals surface area contributed by atoms with E-state index >= 15 is 0 Å². The van der Waals surface area contributed by atoms with E-state index in [-0.39, 0.29) is 18.5 Å². The van der Waals surface area contributed by atoms with E-state index in [9.17, 15) is 4.79 Å². The van der Waals surface area contributed by atoms with Crippen LogP contribution in [0, 0.1) is 5.92 Å². The summed E-state index contributed by atoms with van der Waals surface area (Å²) in [5.74, 6) is 0.247. The van der Waals surface area contributed by atoms with E-state index in [4.69, 9.17) is 15.2 Å². The van der Waals surface area contributed by atoms with Gasteiger partial charge in [-0.25, -0.2) is 9.67 Å². The zero-order valence-electron chi connectivity index (χ0n) is 9.54. The van der Waals surface area contributed by atoms with E-state index in [0.29, 0.717) is 12.5 Å². The van der Waals surface area contributed by atoms with Crippen molar-refractivity contribution in [2.24, 2.45) is 5.92 Å². The molecule has 17 heavy (non-hydrogen) atoms. The lowest BCUT2D eigenvalue weighted by Crippen LogP contribution is -2.23. The molecule has 0 radical (unpaired) electrons. The number of nitrogen functional groups attached to an aromatic ring is 1. The third-order valence-electron chi connectivity index (χ3n) is 2.67. The Kier molecular flexibility index (Phi) is 3.92. The second-order valence-electron chi connectivity index (χ2n) is 4.04. The van der Waals surface area contributed by atoms with Gasteiger partial charge in [0.2, 0.25) is 5.95 Å². The van der Waals surface area contributed by atoms with Crippen molar-refractivity contribution in [2.45, 2.75) is 19.4 Å². The quantitative estimate of drug-likeness (QED) is 0.734. The number of ether oxygens (including phenoxy) is 2. The predicted molar refractivity (Wildman–Crippen MR) is 58.9 cm³/mol. The molecular formula is C10H16N4O3. The molecule has 94 valence electrons. The number of anilines is 1. The normalized spacial score (nSPS) is 16.9. The third-order valence-corrected chi connectivity index (χ3v) is 2.67. The van der Waals surface area contributed by atoms with Crippen LogP contribution in [-0.4, -0.2) is 40.6 Å². The molecule has 1 fully saturated rings. The molecule has 0 aromatic carbocycles. The second kappa shape index (κ2) is 5.62. The number of rotatable bonds is 4. The average molecular weight is 240 g/mol. The lowest BCUT2D eigenvalue weighted by Gasteiger charge is -2.21. The molecule has 0 aliphatic carbocycles. The molecule has 0 bridgehead atoms. The fourth-order valence-electron chi connectivity index (χ4n) is 1.69. The molecule has 0 saturated carbocycles. The summed E-state index contributed by atoms with van der Waals surface area (Å²) in [5.41, 5.74) is 5.34. The fourth-order valence-corrected chi connectivity index (χ4v) is 1.69. The molecule has 0 unspecified atom stereocenters. The summed E-state index contributed by atoms with van der Waals surface area (Å²) in [4.78, 5) is 15.2. The van der Waals surface area contributed by atoms with Crippen molar-refractivity contribution in [3.05, 3.63) is 6.33 Å². The maximum atomic E-state index is 11.5. The molecular weight excluding hydrogens is 224 g/mol. The van der Waals surface area contributed by atoms with Crippen LogP contribution in [0.4, 0.5) is 5.95 Å². The summed E-state index contributed by atoms with van der Waals surface area (Å²) < 4.78 is 11.8. The second-order valence-corrected chi connectivity index (χ2v) is 4.04. The van der Waals surface area contributed by atoms with Crippen LogP contribution in [0.3, 0.4) is 0 Å². The van der Waals surface area contributed by atoms with E-state index in [1.54, 1.807) is 0 Å². The molecule has 0 amide bonds. The van der Waals surface area contributed by atoms with Gasteiger partial charge in [-0.15, -0.1) is 5.10 Å². The molecule has 1 aromatic rings. The Morgan fingerprint density at radius 2 is 2.35 bits per heavy atom. The van der Waals surface area contributed by atoms with Gasteiger partial charge < -0.3 is 15.2 Å². The van der Waals surface area contributed by atoms with Crippen LogP contribution in [0.2, 0.25) is 0 Å². The smallest absolute Gasteiger partial charge is 0.327 e. The summed E-state index contributed by atoms with van der Waals surface area (Å²) in [6.45, 7) is 2.00. The van der Waals surface area contributed by atoms with Crippen LogP contribution < -0.4 is 5.73 Å². The first-order valence-electron chi connectivity index (χ1n) is 5.62. The SMILES string of the molecule is Nc1ncn(CC(=O)OCC2CCOCC2)n1. The van der Waals surface area contributed by atoms with Gasteiger partial charge in [0.25, 0.3) is 0 Å². The fraction of sp³-hybridized carbons (Fsp3) is 0.700. The minimum absolute atomic E-state index is 0.0490.